The molecular weight excluding hydrogens is 242 g/mol. The van der Waals surface area contributed by atoms with E-state index in [0.717, 1.165) is 18.8 Å². The van der Waals surface area contributed by atoms with E-state index in [1.54, 1.807) is 11.3 Å². The summed E-state index contributed by atoms with van der Waals surface area (Å²) in [6.45, 7) is 3.08. The molecule has 0 radical (unpaired) electrons. The molecule has 18 heavy (non-hydrogen) atoms. The van der Waals surface area contributed by atoms with Gasteiger partial charge in [-0.05, 0) is 30.9 Å². The van der Waals surface area contributed by atoms with Crippen molar-refractivity contribution in [3.05, 3.63) is 40.0 Å². The predicted octanol–water partition coefficient (Wildman–Crippen LogP) is 3.24. The fraction of sp³-hybridized carbons (Fsp3) is 0.429. The second kappa shape index (κ2) is 5.06. The van der Waals surface area contributed by atoms with Gasteiger partial charge in [-0.2, -0.15) is 0 Å². The first-order chi connectivity index (χ1) is 8.83. The van der Waals surface area contributed by atoms with Gasteiger partial charge in [0.15, 0.2) is 0 Å². The second-order valence-electron chi connectivity index (χ2n) is 4.81. The Morgan fingerprint density at radius 2 is 2.33 bits per heavy atom. The third kappa shape index (κ3) is 2.38. The molecule has 2 heterocycles. The average Bonchev–Trinajstić information content (AvgIpc) is 3.05. The Balaban J connectivity index is 1.63. The average molecular weight is 259 g/mol. The highest BCUT2D eigenvalue weighted by Crippen LogP contribution is 2.22. The monoisotopic (exact) mass is 259 g/mol. The van der Waals surface area contributed by atoms with Gasteiger partial charge in [-0.1, -0.05) is 13.0 Å². The molecule has 1 N–H and O–H groups in total. The number of aryl methyl sites for hydroxylation is 2. The Hall–Kier alpha value is -1.42. The summed E-state index contributed by atoms with van der Waals surface area (Å²) in [6.07, 6.45) is 5.44. The van der Waals surface area contributed by atoms with Gasteiger partial charge in [-0.15, -0.1) is 11.3 Å². The zero-order valence-corrected chi connectivity index (χ0v) is 11.3. The van der Waals surface area contributed by atoms with Crippen LogP contribution in [0.5, 0.6) is 0 Å². The Morgan fingerprint density at radius 3 is 3.17 bits per heavy atom. The van der Waals surface area contributed by atoms with Gasteiger partial charge in [0, 0.05) is 29.7 Å². The summed E-state index contributed by atoms with van der Waals surface area (Å²) in [5.74, 6) is 1.43. The van der Waals surface area contributed by atoms with E-state index in [0.29, 0.717) is 5.92 Å². The summed E-state index contributed by atoms with van der Waals surface area (Å²) in [5, 5.41) is 6.63. The van der Waals surface area contributed by atoms with Gasteiger partial charge in [0.2, 0.25) is 0 Å². The van der Waals surface area contributed by atoms with Crippen molar-refractivity contribution in [3.8, 4) is 0 Å². The van der Waals surface area contributed by atoms with E-state index in [2.05, 4.69) is 34.3 Å². The Labute approximate surface area is 111 Å². The number of nitrogens with one attached hydrogen (secondary N) is 1. The molecule has 3 nitrogen and oxygen atoms in total. The minimum atomic E-state index is 0.431. The van der Waals surface area contributed by atoms with E-state index >= 15 is 0 Å². The summed E-state index contributed by atoms with van der Waals surface area (Å²) >= 11 is 1.71. The molecule has 3 rings (SSSR count). The van der Waals surface area contributed by atoms with Crippen LogP contribution in [0, 0.1) is 0 Å². The highest BCUT2D eigenvalue weighted by Gasteiger charge is 2.13. The van der Waals surface area contributed by atoms with E-state index < -0.39 is 0 Å². The van der Waals surface area contributed by atoms with Gasteiger partial charge >= 0.3 is 0 Å². The van der Waals surface area contributed by atoms with Crippen LogP contribution in [0.2, 0.25) is 0 Å². The SMILES string of the molecule is CC(CNc1ccc2c(n1)CCC2)c1nccs1. The smallest absolute Gasteiger partial charge is 0.126 e. The van der Waals surface area contributed by atoms with Crippen molar-refractivity contribution in [3.63, 3.8) is 0 Å². The number of rotatable bonds is 4. The van der Waals surface area contributed by atoms with Crippen LogP contribution >= 0.6 is 11.3 Å². The molecule has 1 aliphatic rings. The number of hydrogen-bond acceptors (Lipinski definition) is 4. The quantitative estimate of drug-likeness (QED) is 0.916. The second-order valence-corrected chi connectivity index (χ2v) is 5.73. The molecule has 2 aromatic rings. The first kappa shape index (κ1) is 11.7. The third-order valence-electron chi connectivity index (χ3n) is 3.39. The molecule has 1 aliphatic carbocycles. The van der Waals surface area contributed by atoms with Gasteiger partial charge < -0.3 is 5.32 Å². The molecule has 1 unspecified atom stereocenters. The summed E-state index contributed by atoms with van der Waals surface area (Å²) in [7, 11) is 0. The minimum absolute atomic E-state index is 0.431. The van der Waals surface area contributed by atoms with Crippen molar-refractivity contribution in [2.24, 2.45) is 0 Å². The largest absolute Gasteiger partial charge is 0.369 e. The summed E-state index contributed by atoms with van der Waals surface area (Å²) in [6, 6.07) is 4.31. The van der Waals surface area contributed by atoms with Crippen LogP contribution in [0.15, 0.2) is 23.7 Å². The van der Waals surface area contributed by atoms with Crippen LogP contribution in [0.3, 0.4) is 0 Å². The van der Waals surface area contributed by atoms with Crippen LogP contribution in [0.1, 0.15) is 35.5 Å². The molecule has 0 saturated carbocycles. The van der Waals surface area contributed by atoms with Crippen molar-refractivity contribution in [2.75, 3.05) is 11.9 Å². The number of pyridine rings is 1. The van der Waals surface area contributed by atoms with Gasteiger partial charge in [-0.25, -0.2) is 9.97 Å². The number of nitrogens with zero attached hydrogens (tertiary/aromatic N) is 2. The molecule has 0 aromatic carbocycles. The van der Waals surface area contributed by atoms with Crippen molar-refractivity contribution in [1.82, 2.24) is 9.97 Å². The predicted molar refractivity (Wildman–Crippen MR) is 75.3 cm³/mol. The fourth-order valence-corrected chi connectivity index (χ4v) is 3.04. The molecule has 0 amide bonds. The van der Waals surface area contributed by atoms with Crippen molar-refractivity contribution >= 4 is 17.2 Å². The van der Waals surface area contributed by atoms with Crippen LogP contribution in [-0.2, 0) is 12.8 Å². The Bertz CT molecular complexity index is 522. The van der Waals surface area contributed by atoms with Gasteiger partial charge in [0.05, 0.1) is 5.01 Å². The van der Waals surface area contributed by atoms with Crippen molar-refractivity contribution in [2.45, 2.75) is 32.1 Å². The van der Waals surface area contributed by atoms with Crippen LogP contribution in [0.25, 0.3) is 0 Å². The zero-order chi connectivity index (χ0) is 12.4. The van der Waals surface area contributed by atoms with Crippen LogP contribution in [-0.4, -0.2) is 16.5 Å². The Morgan fingerprint density at radius 1 is 1.39 bits per heavy atom. The van der Waals surface area contributed by atoms with E-state index in [9.17, 15) is 0 Å². The lowest BCUT2D eigenvalue weighted by atomic mass is 10.2. The highest BCUT2D eigenvalue weighted by molar-refractivity contribution is 7.09. The van der Waals surface area contributed by atoms with E-state index in [1.807, 2.05) is 11.6 Å². The molecule has 4 heteroatoms. The molecule has 94 valence electrons. The molecule has 2 aromatic heterocycles. The molecule has 0 spiro atoms. The van der Waals surface area contributed by atoms with Crippen LogP contribution in [0.4, 0.5) is 5.82 Å². The van der Waals surface area contributed by atoms with Gasteiger partial charge in [0.1, 0.15) is 5.82 Å². The maximum atomic E-state index is 4.68. The molecule has 0 aliphatic heterocycles. The van der Waals surface area contributed by atoms with E-state index in [4.69, 9.17) is 0 Å². The van der Waals surface area contributed by atoms with Gasteiger partial charge in [-0.3, -0.25) is 0 Å². The van der Waals surface area contributed by atoms with Crippen molar-refractivity contribution < 1.29 is 0 Å². The van der Waals surface area contributed by atoms with Gasteiger partial charge in [0.25, 0.3) is 0 Å². The minimum Gasteiger partial charge on any atom is -0.369 e. The molecule has 1 atom stereocenters. The maximum Gasteiger partial charge on any atom is 0.126 e. The number of hydrogen-bond donors (Lipinski definition) is 1. The number of fused-ring (bicyclic) bond motifs is 1. The zero-order valence-electron chi connectivity index (χ0n) is 10.5. The first-order valence-corrected chi connectivity index (χ1v) is 7.33. The third-order valence-corrected chi connectivity index (χ3v) is 4.40. The number of thiazole rings is 1. The lowest BCUT2D eigenvalue weighted by Crippen LogP contribution is -2.11. The van der Waals surface area contributed by atoms with E-state index in [-0.39, 0.29) is 0 Å². The normalized spacial score (nSPS) is 15.4. The fourth-order valence-electron chi connectivity index (χ4n) is 2.34. The standard InChI is InChI=1S/C14H17N3S/c1-10(14-15-7-8-18-14)9-16-13-6-5-11-3-2-4-12(11)17-13/h5-8,10H,2-4,9H2,1H3,(H,16,17). The molecule has 0 fully saturated rings. The first-order valence-electron chi connectivity index (χ1n) is 6.45. The topological polar surface area (TPSA) is 37.8 Å². The van der Waals surface area contributed by atoms with Crippen LogP contribution < -0.4 is 5.32 Å². The molecule has 0 bridgehead atoms. The summed E-state index contributed by atoms with van der Waals surface area (Å²) in [4.78, 5) is 9.02. The molecule has 0 saturated heterocycles. The summed E-state index contributed by atoms with van der Waals surface area (Å²) in [5.41, 5.74) is 2.70. The number of anilines is 1. The Kier molecular flexibility index (Phi) is 3.28. The van der Waals surface area contributed by atoms with Crippen molar-refractivity contribution in [1.29, 1.82) is 0 Å². The van der Waals surface area contributed by atoms with E-state index in [1.165, 1.54) is 29.1 Å². The highest BCUT2D eigenvalue weighted by atomic mass is 32.1. The lowest BCUT2D eigenvalue weighted by Gasteiger charge is -2.11. The summed E-state index contributed by atoms with van der Waals surface area (Å²) < 4.78 is 0. The number of aromatic nitrogens is 2. The maximum absolute atomic E-state index is 4.68. The lowest BCUT2D eigenvalue weighted by molar-refractivity contribution is 0.791. The molecular formula is C14H17N3S.